The summed E-state index contributed by atoms with van der Waals surface area (Å²) in [5, 5.41) is 2.90. The Morgan fingerprint density at radius 3 is 2.23 bits per heavy atom. The van der Waals surface area contributed by atoms with Gasteiger partial charge < -0.3 is 19.5 Å². The first-order valence-corrected chi connectivity index (χ1v) is 12.5. The number of carbonyl (C=O) groups excluding carboxylic acids is 1. The minimum atomic E-state index is -3.95. The second kappa shape index (κ2) is 11.1. The van der Waals surface area contributed by atoms with Crippen molar-refractivity contribution in [1.82, 2.24) is 5.32 Å². The van der Waals surface area contributed by atoms with Gasteiger partial charge in [-0.1, -0.05) is 24.3 Å². The zero-order chi connectivity index (χ0) is 25.6. The smallest absolute Gasteiger partial charge is 0.262 e. The highest BCUT2D eigenvalue weighted by molar-refractivity contribution is 7.92. The highest BCUT2D eigenvalue weighted by Gasteiger charge is 2.20. The summed E-state index contributed by atoms with van der Waals surface area (Å²) >= 11 is 0. The molecule has 0 saturated heterocycles. The molecule has 8 nitrogen and oxygen atoms in total. The maximum Gasteiger partial charge on any atom is 0.262 e. The van der Waals surface area contributed by atoms with Gasteiger partial charge in [-0.05, 0) is 68.8 Å². The van der Waals surface area contributed by atoms with Crippen molar-refractivity contribution in [2.24, 2.45) is 0 Å². The molecule has 35 heavy (non-hydrogen) atoms. The number of hydrogen-bond acceptors (Lipinski definition) is 6. The van der Waals surface area contributed by atoms with E-state index in [4.69, 9.17) is 14.2 Å². The van der Waals surface area contributed by atoms with Gasteiger partial charge in [-0.3, -0.25) is 9.52 Å². The van der Waals surface area contributed by atoms with Crippen molar-refractivity contribution in [3.63, 3.8) is 0 Å². The van der Waals surface area contributed by atoms with Gasteiger partial charge >= 0.3 is 0 Å². The quantitative estimate of drug-likeness (QED) is 0.417. The molecule has 0 aliphatic carbocycles. The second-order valence-electron chi connectivity index (χ2n) is 8.11. The first kappa shape index (κ1) is 25.9. The number of ether oxygens (including phenoxy) is 3. The summed E-state index contributed by atoms with van der Waals surface area (Å²) in [5.74, 6) is 1.16. The molecule has 0 fully saturated rings. The van der Waals surface area contributed by atoms with E-state index in [2.05, 4.69) is 10.0 Å². The minimum absolute atomic E-state index is 0.00657. The van der Waals surface area contributed by atoms with Crippen LogP contribution in [0.2, 0.25) is 0 Å². The highest BCUT2D eigenvalue weighted by Crippen LogP contribution is 2.31. The van der Waals surface area contributed by atoms with Crippen molar-refractivity contribution in [3.05, 3.63) is 77.9 Å². The molecular weight excluding hydrogens is 468 g/mol. The van der Waals surface area contributed by atoms with Gasteiger partial charge in [-0.25, -0.2) is 8.42 Å². The summed E-state index contributed by atoms with van der Waals surface area (Å²) in [6.07, 6.45) is -0.00657. The van der Waals surface area contributed by atoms with Gasteiger partial charge in [-0.15, -0.1) is 0 Å². The molecule has 0 saturated carbocycles. The number of benzene rings is 3. The third kappa shape index (κ3) is 6.45. The number of para-hydroxylation sites is 2. The molecule has 0 radical (unpaired) electrons. The van der Waals surface area contributed by atoms with Crippen LogP contribution in [0, 0.1) is 0 Å². The Morgan fingerprint density at radius 2 is 1.54 bits per heavy atom. The number of hydrogen-bond donors (Lipinski definition) is 2. The largest absolute Gasteiger partial charge is 0.495 e. The molecule has 186 valence electrons. The lowest BCUT2D eigenvalue weighted by molar-refractivity contribution is 0.0939. The van der Waals surface area contributed by atoms with E-state index in [-0.39, 0.29) is 22.6 Å². The Balaban J connectivity index is 1.77. The van der Waals surface area contributed by atoms with Crippen LogP contribution in [0.15, 0.2) is 71.6 Å². The van der Waals surface area contributed by atoms with Gasteiger partial charge in [-0.2, -0.15) is 0 Å². The van der Waals surface area contributed by atoms with E-state index >= 15 is 0 Å². The number of amides is 1. The van der Waals surface area contributed by atoms with Gasteiger partial charge in [0, 0.05) is 5.56 Å². The molecule has 1 unspecified atom stereocenters. The first-order valence-electron chi connectivity index (χ1n) is 11.1. The minimum Gasteiger partial charge on any atom is -0.495 e. The van der Waals surface area contributed by atoms with Gasteiger partial charge in [0.1, 0.15) is 5.75 Å². The summed E-state index contributed by atoms with van der Waals surface area (Å²) < 4.78 is 44.8. The number of methoxy groups -OCH3 is 2. The highest BCUT2D eigenvalue weighted by atomic mass is 32.2. The molecule has 9 heteroatoms. The van der Waals surface area contributed by atoms with Gasteiger partial charge in [0.2, 0.25) is 0 Å². The van der Waals surface area contributed by atoms with Crippen LogP contribution in [0.3, 0.4) is 0 Å². The molecule has 0 aliphatic heterocycles. The van der Waals surface area contributed by atoms with Crippen LogP contribution in [0.1, 0.15) is 42.7 Å². The molecule has 0 spiro atoms. The molecule has 1 atom stereocenters. The Kier molecular flexibility index (Phi) is 8.24. The molecule has 2 N–H and O–H groups in total. The summed E-state index contributed by atoms with van der Waals surface area (Å²) in [6.45, 7) is 5.69. The van der Waals surface area contributed by atoms with Crippen molar-refractivity contribution in [3.8, 4) is 17.2 Å². The normalized spacial score (nSPS) is 12.1. The standard InChI is InChI=1S/C26H30N2O6S/c1-17(2)34-24-14-13-19(16-25(24)33-5)18(3)27-26(29)20-9-8-10-21(15-20)35(30,31)28-22-11-6-7-12-23(22)32-4/h6-18,28H,1-5H3,(H,27,29). The fourth-order valence-electron chi connectivity index (χ4n) is 3.41. The Morgan fingerprint density at radius 1 is 0.829 bits per heavy atom. The lowest BCUT2D eigenvalue weighted by Crippen LogP contribution is -2.27. The molecule has 0 bridgehead atoms. The lowest BCUT2D eigenvalue weighted by atomic mass is 10.1. The average Bonchev–Trinajstić information content (AvgIpc) is 2.84. The summed E-state index contributed by atoms with van der Waals surface area (Å²) in [7, 11) is -0.933. The van der Waals surface area contributed by atoms with Crippen LogP contribution in [0.5, 0.6) is 17.2 Å². The summed E-state index contributed by atoms with van der Waals surface area (Å²) in [5.41, 5.74) is 1.33. The summed E-state index contributed by atoms with van der Waals surface area (Å²) in [6, 6.07) is 17.6. The molecule has 3 aromatic rings. The SMILES string of the molecule is COc1ccccc1NS(=O)(=O)c1cccc(C(=O)NC(C)c2ccc(OC(C)C)c(OC)c2)c1. The number of sulfonamides is 1. The van der Waals surface area contributed by atoms with Gasteiger partial charge in [0.15, 0.2) is 11.5 Å². The fourth-order valence-corrected chi connectivity index (χ4v) is 4.52. The zero-order valence-electron chi connectivity index (χ0n) is 20.4. The fraction of sp³-hybridized carbons (Fsp3) is 0.269. The van der Waals surface area contributed by atoms with Crippen LogP contribution < -0.4 is 24.2 Å². The lowest BCUT2D eigenvalue weighted by Gasteiger charge is -2.18. The number of carbonyl (C=O) groups is 1. The predicted molar refractivity (Wildman–Crippen MR) is 135 cm³/mol. The topological polar surface area (TPSA) is 103 Å². The molecular formula is C26H30N2O6S. The van der Waals surface area contributed by atoms with Crippen LogP contribution in [-0.2, 0) is 10.0 Å². The monoisotopic (exact) mass is 498 g/mol. The van der Waals surface area contributed by atoms with Crippen LogP contribution >= 0.6 is 0 Å². The zero-order valence-corrected chi connectivity index (χ0v) is 21.2. The van der Waals surface area contributed by atoms with Crippen molar-refractivity contribution >= 4 is 21.6 Å². The Bertz CT molecular complexity index is 1290. The van der Waals surface area contributed by atoms with Crippen LogP contribution in [-0.4, -0.2) is 34.6 Å². The van der Waals surface area contributed by atoms with E-state index in [1.165, 1.54) is 25.3 Å². The third-order valence-corrected chi connectivity index (χ3v) is 6.52. The summed E-state index contributed by atoms with van der Waals surface area (Å²) in [4.78, 5) is 12.9. The van der Waals surface area contributed by atoms with E-state index in [0.717, 1.165) is 5.56 Å². The number of anilines is 1. The maximum absolute atomic E-state index is 12.9. The van der Waals surface area contributed by atoms with Crippen LogP contribution in [0.4, 0.5) is 5.69 Å². The number of nitrogens with one attached hydrogen (secondary N) is 2. The Hall–Kier alpha value is -3.72. The van der Waals surface area contributed by atoms with Crippen LogP contribution in [0.25, 0.3) is 0 Å². The van der Waals surface area contributed by atoms with Crippen molar-refractivity contribution in [1.29, 1.82) is 0 Å². The number of rotatable bonds is 10. The molecule has 0 heterocycles. The molecule has 3 rings (SSSR count). The van der Waals surface area contributed by atoms with E-state index in [1.54, 1.807) is 49.6 Å². The second-order valence-corrected chi connectivity index (χ2v) is 9.79. The maximum atomic E-state index is 12.9. The van der Waals surface area contributed by atoms with E-state index in [9.17, 15) is 13.2 Å². The van der Waals surface area contributed by atoms with E-state index in [1.807, 2.05) is 26.8 Å². The van der Waals surface area contributed by atoms with Gasteiger partial charge in [0.05, 0.1) is 36.9 Å². The molecule has 3 aromatic carbocycles. The van der Waals surface area contributed by atoms with Crippen molar-refractivity contribution < 1.29 is 27.4 Å². The average molecular weight is 499 g/mol. The van der Waals surface area contributed by atoms with Crippen molar-refractivity contribution in [2.45, 2.75) is 37.8 Å². The molecule has 1 amide bonds. The van der Waals surface area contributed by atoms with E-state index < -0.39 is 15.9 Å². The van der Waals surface area contributed by atoms with Gasteiger partial charge in [0.25, 0.3) is 15.9 Å². The molecule has 0 aromatic heterocycles. The van der Waals surface area contributed by atoms with Crippen molar-refractivity contribution in [2.75, 3.05) is 18.9 Å². The predicted octanol–water partition coefficient (Wildman–Crippen LogP) is 4.78. The first-order chi connectivity index (χ1) is 16.6. The third-order valence-electron chi connectivity index (χ3n) is 5.16. The van der Waals surface area contributed by atoms with E-state index in [0.29, 0.717) is 22.9 Å². The molecule has 0 aliphatic rings. The Labute approximate surface area is 206 Å².